The zero-order valence-corrected chi connectivity index (χ0v) is 10.1. The summed E-state index contributed by atoms with van der Waals surface area (Å²) in [5.74, 6) is 0. The van der Waals surface area contributed by atoms with E-state index in [4.69, 9.17) is 0 Å². The van der Waals surface area contributed by atoms with E-state index in [9.17, 15) is 9.59 Å². The Labute approximate surface area is 102 Å². The minimum atomic E-state index is 0.279. The van der Waals surface area contributed by atoms with Gasteiger partial charge in [0.25, 0.3) is 0 Å². The maximum Gasteiger partial charge on any atom is 0.134 e. The molecule has 0 spiro atoms. The molecule has 0 bridgehead atoms. The lowest BCUT2D eigenvalue weighted by Gasteiger charge is -2.16. The van der Waals surface area contributed by atoms with Gasteiger partial charge in [0.15, 0.2) is 0 Å². The van der Waals surface area contributed by atoms with Gasteiger partial charge in [0, 0.05) is 6.54 Å². The second-order valence-electron chi connectivity index (χ2n) is 4.00. The Kier molecular flexibility index (Phi) is 5.30. The van der Waals surface area contributed by atoms with Gasteiger partial charge in [-0.15, -0.1) is 0 Å². The van der Waals surface area contributed by atoms with Crippen molar-refractivity contribution in [2.45, 2.75) is 13.5 Å². The number of benzene rings is 1. The van der Waals surface area contributed by atoms with E-state index in [1.807, 2.05) is 31.2 Å². The van der Waals surface area contributed by atoms with Gasteiger partial charge in [0.1, 0.15) is 12.6 Å². The van der Waals surface area contributed by atoms with Crippen molar-refractivity contribution in [1.82, 2.24) is 4.90 Å². The molecular weight excluding hydrogens is 214 g/mol. The van der Waals surface area contributed by atoms with Gasteiger partial charge >= 0.3 is 0 Å². The predicted molar refractivity (Wildman–Crippen MR) is 68.6 cm³/mol. The summed E-state index contributed by atoms with van der Waals surface area (Å²) in [5.41, 5.74) is 3.21. The van der Waals surface area contributed by atoms with Crippen LogP contribution in [-0.4, -0.2) is 30.6 Å². The summed E-state index contributed by atoms with van der Waals surface area (Å²) >= 11 is 0. The molecule has 1 aromatic rings. The quantitative estimate of drug-likeness (QED) is 0.673. The first-order chi connectivity index (χ1) is 8.17. The number of rotatable bonds is 7. The average Bonchev–Trinajstić information content (AvgIpc) is 2.30. The Morgan fingerprint density at radius 1 is 1.18 bits per heavy atom. The van der Waals surface area contributed by atoms with Gasteiger partial charge in [-0.2, -0.15) is 0 Å². The molecule has 0 heterocycles. The summed E-state index contributed by atoms with van der Waals surface area (Å²) in [6.45, 7) is 6.99. The number of nitrogens with zero attached hydrogens (tertiary/aromatic N) is 1. The van der Waals surface area contributed by atoms with Crippen LogP contribution in [0.2, 0.25) is 0 Å². The lowest BCUT2D eigenvalue weighted by molar-refractivity contribution is -0.111. The minimum absolute atomic E-state index is 0.279. The van der Waals surface area contributed by atoms with Gasteiger partial charge in [0.05, 0.1) is 13.1 Å². The maximum atomic E-state index is 10.5. The van der Waals surface area contributed by atoms with E-state index in [2.05, 4.69) is 6.58 Å². The predicted octanol–water partition coefficient (Wildman–Crippen LogP) is 1.92. The second-order valence-corrected chi connectivity index (χ2v) is 4.00. The fraction of sp³-hybridized carbons (Fsp3) is 0.286. The number of aldehydes is 2. The molecule has 0 aliphatic carbocycles. The van der Waals surface area contributed by atoms with Gasteiger partial charge in [-0.25, -0.2) is 0 Å². The number of hydrogen-bond acceptors (Lipinski definition) is 3. The summed E-state index contributed by atoms with van der Waals surface area (Å²) in [5, 5.41) is 0. The number of carbonyl (C=O) groups excluding carboxylic acids is 2. The third kappa shape index (κ3) is 4.33. The zero-order chi connectivity index (χ0) is 12.7. The highest BCUT2D eigenvalue weighted by atomic mass is 16.1. The van der Waals surface area contributed by atoms with Crippen LogP contribution in [0.15, 0.2) is 30.8 Å². The van der Waals surface area contributed by atoms with Crippen molar-refractivity contribution in [1.29, 1.82) is 0 Å². The van der Waals surface area contributed by atoms with Crippen LogP contribution >= 0.6 is 0 Å². The van der Waals surface area contributed by atoms with Gasteiger partial charge in [-0.05, 0) is 18.1 Å². The number of carbonyl (C=O) groups is 2. The van der Waals surface area contributed by atoms with E-state index in [0.29, 0.717) is 6.54 Å². The van der Waals surface area contributed by atoms with Crippen LogP contribution < -0.4 is 0 Å². The Bertz CT molecular complexity index is 385. The molecule has 0 unspecified atom stereocenters. The van der Waals surface area contributed by atoms with Crippen LogP contribution in [-0.2, 0) is 16.1 Å². The molecule has 0 N–H and O–H groups in total. The van der Waals surface area contributed by atoms with E-state index in [1.165, 1.54) is 0 Å². The minimum Gasteiger partial charge on any atom is -0.302 e. The Balaban J connectivity index is 2.68. The van der Waals surface area contributed by atoms with Crippen LogP contribution in [0.3, 0.4) is 0 Å². The van der Waals surface area contributed by atoms with E-state index in [0.717, 1.165) is 29.3 Å². The second kappa shape index (κ2) is 6.76. The van der Waals surface area contributed by atoms with Crippen molar-refractivity contribution in [2.75, 3.05) is 13.1 Å². The van der Waals surface area contributed by atoms with Crippen LogP contribution in [0.25, 0.3) is 5.57 Å². The fourth-order valence-corrected chi connectivity index (χ4v) is 1.57. The summed E-state index contributed by atoms with van der Waals surface area (Å²) in [7, 11) is 0. The van der Waals surface area contributed by atoms with E-state index in [-0.39, 0.29) is 13.1 Å². The molecule has 3 nitrogen and oxygen atoms in total. The number of allylic oxidation sites excluding steroid dienone is 1. The molecule has 1 rings (SSSR count). The summed E-state index contributed by atoms with van der Waals surface area (Å²) < 4.78 is 0. The molecule has 0 aliphatic heterocycles. The highest BCUT2D eigenvalue weighted by Gasteiger charge is 2.04. The molecule has 0 atom stereocenters. The molecule has 90 valence electrons. The molecule has 0 saturated carbocycles. The van der Waals surface area contributed by atoms with Crippen molar-refractivity contribution in [3.8, 4) is 0 Å². The lowest BCUT2D eigenvalue weighted by atomic mass is 10.1. The Morgan fingerprint density at radius 3 is 2.12 bits per heavy atom. The van der Waals surface area contributed by atoms with Gasteiger partial charge in [0.2, 0.25) is 0 Å². The summed E-state index contributed by atoms with van der Waals surface area (Å²) in [4.78, 5) is 22.7. The first kappa shape index (κ1) is 13.3. The van der Waals surface area contributed by atoms with E-state index >= 15 is 0 Å². The molecule has 0 saturated heterocycles. The van der Waals surface area contributed by atoms with Gasteiger partial charge in [-0.1, -0.05) is 36.4 Å². The van der Waals surface area contributed by atoms with Crippen molar-refractivity contribution < 1.29 is 9.59 Å². The molecule has 0 radical (unpaired) electrons. The fourth-order valence-electron chi connectivity index (χ4n) is 1.57. The molecule has 0 fully saturated rings. The van der Waals surface area contributed by atoms with Gasteiger partial charge in [-0.3, -0.25) is 4.90 Å². The van der Waals surface area contributed by atoms with Crippen molar-refractivity contribution >= 4 is 18.1 Å². The van der Waals surface area contributed by atoms with Crippen LogP contribution in [0.1, 0.15) is 18.1 Å². The van der Waals surface area contributed by atoms with Crippen molar-refractivity contribution in [3.63, 3.8) is 0 Å². The first-order valence-corrected chi connectivity index (χ1v) is 5.52. The highest BCUT2D eigenvalue weighted by molar-refractivity contribution is 5.61. The van der Waals surface area contributed by atoms with Gasteiger partial charge < -0.3 is 9.59 Å². The molecule has 0 aliphatic rings. The smallest absolute Gasteiger partial charge is 0.134 e. The molecule has 17 heavy (non-hydrogen) atoms. The molecule has 3 heteroatoms. The maximum absolute atomic E-state index is 10.5. The molecule has 0 amide bonds. The Hall–Kier alpha value is -1.74. The van der Waals surface area contributed by atoms with Crippen molar-refractivity contribution in [3.05, 3.63) is 42.0 Å². The topological polar surface area (TPSA) is 37.4 Å². The van der Waals surface area contributed by atoms with Crippen LogP contribution in [0, 0.1) is 0 Å². The Morgan fingerprint density at radius 2 is 1.71 bits per heavy atom. The molecule has 1 aromatic carbocycles. The number of hydrogen-bond donors (Lipinski definition) is 0. The molecular formula is C14H17NO2. The largest absolute Gasteiger partial charge is 0.302 e. The average molecular weight is 231 g/mol. The summed E-state index contributed by atoms with van der Waals surface area (Å²) in [6, 6.07) is 7.98. The van der Waals surface area contributed by atoms with E-state index < -0.39 is 0 Å². The normalized spacial score (nSPS) is 10.2. The third-order valence-electron chi connectivity index (χ3n) is 2.52. The van der Waals surface area contributed by atoms with E-state index in [1.54, 1.807) is 4.90 Å². The zero-order valence-electron chi connectivity index (χ0n) is 10.1. The third-order valence-corrected chi connectivity index (χ3v) is 2.52. The summed E-state index contributed by atoms with van der Waals surface area (Å²) in [6.07, 6.45) is 1.62. The first-order valence-electron chi connectivity index (χ1n) is 5.52. The van der Waals surface area contributed by atoms with Crippen molar-refractivity contribution in [2.24, 2.45) is 0 Å². The van der Waals surface area contributed by atoms with Crippen LogP contribution in [0.4, 0.5) is 0 Å². The SMILES string of the molecule is C=C(C)c1ccc(CN(CC=O)CC=O)cc1. The monoisotopic (exact) mass is 231 g/mol. The standard InChI is InChI=1S/C14H17NO2/c1-12(2)14-5-3-13(4-6-14)11-15(7-9-16)8-10-17/h3-6,9-10H,1,7-8,11H2,2H3. The lowest BCUT2D eigenvalue weighted by Crippen LogP contribution is -2.27. The van der Waals surface area contributed by atoms with Crippen LogP contribution in [0.5, 0.6) is 0 Å². The molecule has 0 aromatic heterocycles. The highest BCUT2D eigenvalue weighted by Crippen LogP contribution is 2.13.